The maximum absolute atomic E-state index is 14.7. The average Bonchev–Trinajstić information content (AvgIpc) is 3.59. The summed E-state index contributed by atoms with van der Waals surface area (Å²) >= 11 is 0. The summed E-state index contributed by atoms with van der Waals surface area (Å²) in [5.74, 6) is -9.66. The number of rotatable bonds is 8. The van der Waals surface area contributed by atoms with Gasteiger partial charge in [0.25, 0.3) is 0 Å². The third kappa shape index (κ3) is 5.42. The van der Waals surface area contributed by atoms with Crippen LogP contribution in [0.4, 0.5) is 22.4 Å². The fraction of sp³-hybridized carbons (Fsp3) is 0.565. The molecule has 32 heavy (non-hydrogen) atoms. The Bertz CT molecular complexity index is 908. The first-order valence-corrected chi connectivity index (χ1v) is 10.6. The molecule has 0 aliphatic heterocycles. The van der Waals surface area contributed by atoms with Crippen molar-refractivity contribution in [1.29, 1.82) is 0 Å². The molecule has 3 rings (SSSR count). The molecule has 0 spiro atoms. The topological polar surface area (TPSA) is 64.6 Å². The van der Waals surface area contributed by atoms with Gasteiger partial charge in [-0.3, -0.25) is 0 Å². The van der Waals surface area contributed by atoms with E-state index in [4.69, 9.17) is 9.47 Å². The minimum atomic E-state index is -1.95. The lowest BCUT2D eigenvalue weighted by Gasteiger charge is -2.28. The van der Waals surface area contributed by atoms with Gasteiger partial charge in [0.1, 0.15) is 11.6 Å². The van der Waals surface area contributed by atoms with E-state index in [1.54, 1.807) is 20.8 Å². The van der Waals surface area contributed by atoms with Gasteiger partial charge in [-0.1, -0.05) is 6.08 Å². The van der Waals surface area contributed by atoms with Crippen molar-refractivity contribution in [2.75, 3.05) is 0 Å². The predicted molar refractivity (Wildman–Crippen MR) is 108 cm³/mol. The number of nitrogens with one attached hydrogen (secondary N) is 1. The van der Waals surface area contributed by atoms with Crippen LogP contribution < -0.4 is 10.1 Å². The molecule has 1 aromatic carbocycles. The lowest BCUT2D eigenvalue weighted by molar-refractivity contribution is -0.139. The molecule has 1 N–H and O–H groups in total. The van der Waals surface area contributed by atoms with Crippen LogP contribution in [0.25, 0.3) is 0 Å². The van der Waals surface area contributed by atoms with Crippen molar-refractivity contribution >= 4 is 12.1 Å². The summed E-state index contributed by atoms with van der Waals surface area (Å²) in [6.45, 7) is 8.26. The van der Waals surface area contributed by atoms with E-state index in [2.05, 4.69) is 11.9 Å². The highest BCUT2D eigenvalue weighted by molar-refractivity contribution is 5.83. The van der Waals surface area contributed by atoms with E-state index in [-0.39, 0.29) is 17.8 Å². The summed E-state index contributed by atoms with van der Waals surface area (Å²) in [6.07, 6.45) is 3.16. The van der Waals surface area contributed by atoms with Crippen molar-refractivity contribution < 1.29 is 36.6 Å². The molecule has 1 atom stereocenters. The number of ether oxygens (including phenoxy) is 2. The number of alkyl carbamates (subject to hydrolysis) is 1. The first-order chi connectivity index (χ1) is 14.9. The number of benzene rings is 1. The number of halogens is 4. The molecule has 2 saturated carbocycles. The molecule has 0 heterocycles. The van der Waals surface area contributed by atoms with Crippen molar-refractivity contribution in [2.45, 2.75) is 64.5 Å². The van der Waals surface area contributed by atoms with E-state index in [0.29, 0.717) is 0 Å². The zero-order chi connectivity index (χ0) is 23.8. The Morgan fingerprint density at radius 2 is 1.59 bits per heavy atom. The van der Waals surface area contributed by atoms with Crippen LogP contribution in [0, 0.1) is 41.0 Å². The summed E-state index contributed by atoms with van der Waals surface area (Å²) < 4.78 is 67.2. The Kier molecular flexibility index (Phi) is 6.86. The maximum Gasteiger partial charge on any atom is 0.408 e. The molecule has 2 fully saturated rings. The van der Waals surface area contributed by atoms with Crippen molar-refractivity contribution in [2.24, 2.45) is 17.8 Å². The van der Waals surface area contributed by atoms with Gasteiger partial charge in [-0.05, 0) is 70.6 Å². The van der Waals surface area contributed by atoms with Crippen LogP contribution in [-0.4, -0.2) is 23.7 Å². The van der Waals surface area contributed by atoms with Crippen molar-refractivity contribution in [3.05, 3.63) is 41.5 Å². The zero-order valence-electron chi connectivity index (χ0n) is 18.3. The van der Waals surface area contributed by atoms with E-state index in [1.165, 1.54) is 0 Å². The third-order valence-electron chi connectivity index (χ3n) is 5.51. The minimum Gasteiger partial charge on any atom is -0.444 e. The lowest BCUT2D eigenvalue weighted by Crippen LogP contribution is -2.50. The first-order valence-electron chi connectivity index (χ1n) is 10.6. The number of esters is 1. The summed E-state index contributed by atoms with van der Waals surface area (Å²) in [7, 11) is 0. The van der Waals surface area contributed by atoms with Gasteiger partial charge in [-0.15, -0.1) is 6.58 Å². The number of carbonyl (C=O) groups excluding carboxylic acids is 2. The van der Waals surface area contributed by atoms with E-state index in [1.807, 2.05) is 0 Å². The monoisotopic (exact) mass is 457 g/mol. The fourth-order valence-corrected chi connectivity index (χ4v) is 3.87. The summed E-state index contributed by atoms with van der Waals surface area (Å²) in [5, 5.41) is 2.48. The number of allylic oxidation sites excluding steroid dienone is 1. The Morgan fingerprint density at radius 3 is 2.06 bits per heavy atom. The van der Waals surface area contributed by atoms with Gasteiger partial charge in [-0.25, -0.2) is 22.8 Å². The van der Waals surface area contributed by atoms with Gasteiger partial charge in [0.2, 0.25) is 11.6 Å². The summed E-state index contributed by atoms with van der Waals surface area (Å²) in [4.78, 5) is 25.4. The number of hydrogen-bond acceptors (Lipinski definition) is 4. The van der Waals surface area contributed by atoms with Crippen LogP contribution >= 0.6 is 0 Å². The molecule has 0 saturated heterocycles. The Labute approximate surface area is 184 Å². The van der Waals surface area contributed by atoms with Crippen molar-refractivity contribution in [3.63, 3.8) is 0 Å². The highest BCUT2D eigenvalue weighted by atomic mass is 19.2. The van der Waals surface area contributed by atoms with E-state index in [0.717, 1.165) is 31.8 Å². The zero-order valence-corrected chi connectivity index (χ0v) is 18.3. The second-order valence-electron chi connectivity index (χ2n) is 9.35. The third-order valence-corrected chi connectivity index (χ3v) is 5.51. The highest BCUT2D eigenvalue weighted by Crippen LogP contribution is 2.51. The van der Waals surface area contributed by atoms with E-state index in [9.17, 15) is 27.2 Å². The molecule has 5 nitrogen and oxygen atoms in total. The molecule has 0 unspecified atom stereocenters. The van der Waals surface area contributed by atoms with Crippen LogP contribution in [-0.2, 0) is 16.0 Å². The van der Waals surface area contributed by atoms with E-state index < -0.39 is 64.7 Å². The van der Waals surface area contributed by atoms with Crippen LogP contribution in [0.3, 0.4) is 0 Å². The van der Waals surface area contributed by atoms with Crippen LogP contribution in [0.2, 0.25) is 0 Å². The van der Waals surface area contributed by atoms with Crippen molar-refractivity contribution in [1.82, 2.24) is 5.32 Å². The van der Waals surface area contributed by atoms with Crippen LogP contribution in [0.5, 0.6) is 5.75 Å². The molecule has 0 bridgehead atoms. The maximum atomic E-state index is 14.7. The molecular formula is C23H27F4NO4. The van der Waals surface area contributed by atoms with Crippen molar-refractivity contribution in [3.8, 4) is 5.75 Å². The Morgan fingerprint density at radius 1 is 1.03 bits per heavy atom. The minimum absolute atomic E-state index is 0.144. The van der Waals surface area contributed by atoms with Gasteiger partial charge in [-0.2, -0.15) is 4.39 Å². The number of carbonyl (C=O) groups is 2. The molecule has 9 heteroatoms. The fourth-order valence-electron chi connectivity index (χ4n) is 3.87. The Balaban J connectivity index is 1.91. The van der Waals surface area contributed by atoms with Crippen LogP contribution in [0.15, 0.2) is 12.7 Å². The summed E-state index contributed by atoms with van der Waals surface area (Å²) in [6, 6.07) is -1.25. The molecule has 0 aromatic heterocycles. The normalized spacial score (nSPS) is 17.1. The van der Waals surface area contributed by atoms with Gasteiger partial charge >= 0.3 is 12.1 Å². The lowest BCUT2D eigenvalue weighted by atomic mass is 9.89. The largest absolute Gasteiger partial charge is 0.444 e. The van der Waals surface area contributed by atoms with Gasteiger partial charge in [0, 0.05) is 5.56 Å². The first kappa shape index (κ1) is 24.1. The summed E-state index contributed by atoms with van der Waals surface area (Å²) in [5.41, 5.74) is -1.65. The molecule has 176 valence electrons. The molecule has 2 aliphatic carbocycles. The van der Waals surface area contributed by atoms with Gasteiger partial charge in [0.15, 0.2) is 17.5 Å². The second kappa shape index (κ2) is 9.11. The molecule has 0 radical (unpaired) electrons. The smallest absolute Gasteiger partial charge is 0.408 e. The second-order valence-corrected chi connectivity index (χ2v) is 9.35. The van der Waals surface area contributed by atoms with E-state index >= 15 is 0 Å². The predicted octanol–water partition coefficient (Wildman–Crippen LogP) is 5.21. The molecule has 2 aliphatic rings. The standard InChI is InChI=1S/C23H27F4NO4/c1-5-6-13-15(24)17(26)18(27)20(16(13)25)31-21(29)19(28-22(30)32-23(2,3)4)14(11-7-8-11)12-9-10-12/h5,11-12,14,19H,1,6-10H2,2-4H3,(H,28,30)/t19-/m0/s1. The average molecular weight is 457 g/mol. The number of amides is 1. The van der Waals surface area contributed by atoms with Gasteiger partial charge < -0.3 is 14.8 Å². The quantitative estimate of drug-likeness (QED) is 0.145. The van der Waals surface area contributed by atoms with Gasteiger partial charge in [0.05, 0.1) is 0 Å². The molecule has 1 amide bonds. The van der Waals surface area contributed by atoms with Crippen LogP contribution in [0.1, 0.15) is 52.0 Å². The molecule has 1 aromatic rings. The highest BCUT2D eigenvalue weighted by Gasteiger charge is 2.49. The molecular weight excluding hydrogens is 430 g/mol. The number of hydrogen-bond donors (Lipinski definition) is 1. The SMILES string of the molecule is C=CCc1c(F)c(F)c(F)c(OC(=O)[C@@H](NC(=O)OC(C)(C)C)C(C2CC2)C2CC2)c1F. The Hall–Kier alpha value is -2.58.